The van der Waals surface area contributed by atoms with Crippen molar-refractivity contribution in [2.45, 2.75) is 6.92 Å². The summed E-state index contributed by atoms with van der Waals surface area (Å²) in [6, 6.07) is 20.5. The van der Waals surface area contributed by atoms with Gasteiger partial charge in [0.15, 0.2) is 0 Å². The highest BCUT2D eigenvalue weighted by Crippen LogP contribution is 2.21. The van der Waals surface area contributed by atoms with E-state index >= 15 is 0 Å². The molecule has 138 valence electrons. The second-order valence-electron chi connectivity index (χ2n) is 6.43. The fraction of sp³-hybridized carbons (Fsp3) is 0.0455. The van der Waals surface area contributed by atoms with Gasteiger partial charge in [-0.15, -0.1) is 0 Å². The third-order valence-corrected chi connectivity index (χ3v) is 4.56. The van der Waals surface area contributed by atoms with Crippen LogP contribution in [0.3, 0.4) is 0 Å². The molecule has 0 unspecified atom stereocenters. The van der Waals surface area contributed by atoms with Crippen LogP contribution in [-0.4, -0.2) is 22.1 Å². The molecule has 0 saturated heterocycles. The molecule has 2 N–H and O–H groups in total. The van der Waals surface area contributed by atoms with Crippen molar-refractivity contribution in [3.8, 4) is 11.4 Å². The summed E-state index contributed by atoms with van der Waals surface area (Å²) in [7, 11) is 0. The summed E-state index contributed by atoms with van der Waals surface area (Å²) in [5.41, 5.74) is 7.88. The van der Waals surface area contributed by atoms with E-state index in [1.807, 2.05) is 43.3 Å². The predicted molar refractivity (Wildman–Crippen MR) is 113 cm³/mol. The molecular weight excluding hydrogens is 372 g/mol. The van der Waals surface area contributed by atoms with Gasteiger partial charge in [-0.2, -0.15) is 5.10 Å². The Balaban J connectivity index is 1.45. The van der Waals surface area contributed by atoms with Crippen LogP contribution in [0.2, 0.25) is 5.02 Å². The van der Waals surface area contributed by atoms with E-state index in [2.05, 4.69) is 26.6 Å². The van der Waals surface area contributed by atoms with E-state index in [0.717, 1.165) is 28.0 Å². The van der Waals surface area contributed by atoms with Crippen molar-refractivity contribution in [3.05, 3.63) is 88.4 Å². The Morgan fingerprint density at radius 2 is 1.82 bits per heavy atom. The molecular formula is C22H17ClN4O. The number of aryl methyl sites for hydroxylation is 1. The van der Waals surface area contributed by atoms with Gasteiger partial charge in [-0.05, 0) is 54.4 Å². The second-order valence-corrected chi connectivity index (χ2v) is 6.87. The molecule has 0 atom stereocenters. The number of nitrogens with one attached hydrogen (secondary N) is 2. The molecule has 3 aromatic carbocycles. The highest BCUT2D eigenvalue weighted by molar-refractivity contribution is 6.30. The minimum Gasteiger partial charge on any atom is -0.338 e. The van der Waals surface area contributed by atoms with Gasteiger partial charge in [-0.25, -0.2) is 10.4 Å². The van der Waals surface area contributed by atoms with Crippen molar-refractivity contribution in [2.75, 3.05) is 0 Å². The maximum atomic E-state index is 12.2. The summed E-state index contributed by atoms with van der Waals surface area (Å²) < 4.78 is 0. The van der Waals surface area contributed by atoms with Crippen LogP contribution in [0.1, 0.15) is 21.5 Å². The van der Waals surface area contributed by atoms with Crippen molar-refractivity contribution in [3.63, 3.8) is 0 Å². The van der Waals surface area contributed by atoms with Crippen LogP contribution in [0.5, 0.6) is 0 Å². The van der Waals surface area contributed by atoms with E-state index in [-0.39, 0.29) is 5.91 Å². The van der Waals surface area contributed by atoms with Crippen LogP contribution in [0.4, 0.5) is 0 Å². The maximum Gasteiger partial charge on any atom is 0.271 e. The number of fused-ring (bicyclic) bond motifs is 1. The van der Waals surface area contributed by atoms with Gasteiger partial charge in [0.2, 0.25) is 0 Å². The standard InChI is InChI=1S/C22H17ClN4O/c1-14-2-11-19-20(12-14)26-21(25-19)16-5-7-17(8-6-16)22(28)27-24-13-15-3-9-18(23)10-4-15/h2-13H,1H3,(H,25,26)(H,27,28)/b24-13+. The first-order chi connectivity index (χ1) is 13.6. The molecule has 0 aliphatic carbocycles. The SMILES string of the molecule is Cc1ccc2nc(-c3ccc(C(=O)N/N=C/c4ccc(Cl)cc4)cc3)[nH]c2c1. The molecule has 0 fully saturated rings. The van der Waals surface area contributed by atoms with Crippen LogP contribution < -0.4 is 5.43 Å². The first-order valence-corrected chi connectivity index (χ1v) is 9.12. The summed E-state index contributed by atoms with van der Waals surface area (Å²) in [6.45, 7) is 2.04. The van der Waals surface area contributed by atoms with Gasteiger partial charge >= 0.3 is 0 Å². The molecule has 1 aromatic heterocycles. The molecule has 0 spiro atoms. The van der Waals surface area contributed by atoms with E-state index in [1.54, 1.807) is 30.5 Å². The number of benzene rings is 3. The number of hydrogen-bond donors (Lipinski definition) is 2. The zero-order chi connectivity index (χ0) is 19.5. The van der Waals surface area contributed by atoms with Gasteiger partial charge in [0.05, 0.1) is 17.2 Å². The van der Waals surface area contributed by atoms with Crippen LogP contribution in [0.15, 0.2) is 71.8 Å². The van der Waals surface area contributed by atoms with Crippen molar-refractivity contribution in [2.24, 2.45) is 5.10 Å². The summed E-state index contributed by atoms with van der Waals surface area (Å²) in [4.78, 5) is 20.2. The zero-order valence-corrected chi connectivity index (χ0v) is 15.9. The van der Waals surface area contributed by atoms with E-state index in [4.69, 9.17) is 11.6 Å². The fourth-order valence-electron chi connectivity index (χ4n) is 2.82. The number of amides is 1. The Morgan fingerprint density at radius 3 is 2.57 bits per heavy atom. The lowest BCUT2D eigenvalue weighted by Crippen LogP contribution is -2.17. The molecule has 4 aromatic rings. The highest BCUT2D eigenvalue weighted by Gasteiger charge is 2.08. The number of carbonyl (C=O) groups excluding carboxylic acids is 1. The number of hydrazone groups is 1. The molecule has 6 heteroatoms. The smallest absolute Gasteiger partial charge is 0.271 e. The normalized spacial score (nSPS) is 11.2. The predicted octanol–water partition coefficient (Wildman–Crippen LogP) is 4.96. The number of rotatable bonds is 4. The molecule has 0 aliphatic heterocycles. The number of aromatic amines is 1. The van der Waals surface area contributed by atoms with E-state index < -0.39 is 0 Å². The average Bonchev–Trinajstić information content (AvgIpc) is 3.12. The number of hydrogen-bond acceptors (Lipinski definition) is 3. The Morgan fingerprint density at radius 1 is 1.07 bits per heavy atom. The van der Waals surface area contributed by atoms with E-state index in [0.29, 0.717) is 10.6 Å². The van der Waals surface area contributed by atoms with Gasteiger partial charge in [-0.3, -0.25) is 4.79 Å². The first kappa shape index (κ1) is 17.9. The third-order valence-electron chi connectivity index (χ3n) is 4.31. The van der Waals surface area contributed by atoms with Crippen molar-refractivity contribution >= 4 is 34.8 Å². The van der Waals surface area contributed by atoms with Crippen LogP contribution in [-0.2, 0) is 0 Å². The Labute approximate surface area is 167 Å². The molecule has 0 aliphatic rings. The second kappa shape index (κ2) is 7.66. The van der Waals surface area contributed by atoms with Gasteiger partial charge < -0.3 is 4.98 Å². The van der Waals surface area contributed by atoms with Crippen LogP contribution in [0.25, 0.3) is 22.4 Å². The van der Waals surface area contributed by atoms with Gasteiger partial charge in [0, 0.05) is 16.1 Å². The largest absolute Gasteiger partial charge is 0.338 e. The lowest BCUT2D eigenvalue weighted by molar-refractivity contribution is 0.0955. The Kier molecular flexibility index (Phi) is 4.91. The van der Waals surface area contributed by atoms with E-state index in [1.165, 1.54) is 5.56 Å². The fourth-order valence-corrected chi connectivity index (χ4v) is 2.94. The number of imidazole rings is 1. The summed E-state index contributed by atoms with van der Waals surface area (Å²) in [5.74, 6) is 0.491. The summed E-state index contributed by atoms with van der Waals surface area (Å²) >= 11 is 5.84. The molecule has 1 amide bonds. The highest BCUT2D eigenvalue weighted by atomic mass is 35.5. The zero-order valence-electron chi connectivity index (χ0n) is 15.1. The summed E-state index contributed by atoms with van der Waals surface area (Å²) in [5, 5.41) is 4.63. The van der Waals surface area contributed by atoms with Gasteiger partial charge in [0.1, 0.15) is 5.82 Å². The minimum absolute atomic E-state index is 0.281. The first-order valence-electron chi connectivity index (χ1n) is 8.74. The minimum atomic E-state index is -0.281. The third kappa shape index (κ3) is 3.94. The number of halogens is 1. The van der Waals surface area contributed by atoms with Crippen molar-refractivity contribution in [1.29, 1.82) is 0 Å². The Hall–Kier alpha value is -3.44. The van der Waals surface area contributed by atoms with Crippen molar-refractivity contribution < 1.29 is 4.79 Å². The molecule has 28 heavy (non-hydrogen) atoms. The van der Waals surface area contributed by atoms with Crippen molar-refractivity contribution in [1.82, 2.24) is 15.4 Å². The lowest BCUT2D eigenvalue weighted by atomic mass is 10.1. The molecule has 0 saturated carbocycles. The van der Waals surface area contributed by atoms with Gasteiger partial charge in [0.25, 0.3) is 5.91 Å². The lowest BCUT2D eigenvalue weighted by Gasteiger charge is -2.01. The van der Waals surface area contributed by atoms with E-state index in [9.17, 15) is 4.79 Å². The molecule has 0 radical (unpaired) electrons. The molecule has 1 heterocycles. The monoisotopic (exact) mass is 388 g/mol. The number of aromatic nitrogens is 2. The van der Waals surface area contributed by atoms with Gasteiger partial charge in [-0.1, -0.05) is 41.9 Å². The number of H-pyrrole nitrogens is 1. The molecule has 0 bridgehead atoms. The van der Waals surface area contributed by atoms with Crippen LogP contribution in [0, 0.1) is 6.92 Å². The topological polar surface area (TPSA) is 70.1 Å². The van der Waals surface area contributed by atoms with Crippen LogP contribution >= 0.6 is 11.6 Å². The summed E-state index contributed by atoms with van der Waals surface area (Å²) in [6.07, 6.45) is 1.57. The Bertz CT molecular complexity index is 1160. The average molecular weight is 389 g/mol. The maximum absolute atomic E-state index is 12.2. The molecule has 5 nitrogen and oxygen atoms in total. The number of carbonyl (C=O) groups is 1. The number of nitrogens with zero attached hydrogens (tertiary/aromatic N) is 2. The molecule has 4 rings (SSSR count). The quantitative estimate of drug-likeness (QED) is 0.383.